The van der Waals surface area contributed by atoms with Crippen LogP contribution in [-0.4, -0.2) is 23.7 Å². The lowest BCUT2D eigenvalue weighted by Crippen LogP contribution is -2.39. The highest BCUT2D eigenvalue weighted by molar-refractivity contribution is 7.07. The van der Waals surface area contributed by atoms with E-state index in [0.29, 0.717) is 12.0 Å². The summed E-state index contributed by atoms with van der Waals surface area (Å²) in [7, 11) is 0. The van der Waals surface area contributed by atoms with Crippen LogP contribution in [0.1, 0.15) is 36.2 Å². The number of carbonyl (C=O) groups excluding carboxylic acids is 1. The summed E-state index contributed by atoms with van der Waals surface area (Å²) < 4.78 is 0. The average molecular weight is 332 g/mol. The summed E-state index contributed by atoms with van der Waals surface area (Å²) in [5, 5.41) is 19.6. The Hall–Kier alpha value is -1.85. The van der Waals surface area contributed by atoms with Gasteiger partial charge in [0, 0.05) is 30.4 Å². The number of nitrogens with one attached hydrogen (secondary N) is 2. The van der Waals surface area contributed by atoms with Crippen molar-refractivity contribution in [3.05, 3.63) is 52.2 Å². The van der Waals surface area contributed by atoms with Crippen LogP contribution in [0.2, 0.25) is 0 Å². The molecule has 0 fully saturated rings. The highest BCUT2D eigenvalue weighted by Gasteiger charge is 2.16. The van der Waals surface area contributed by atoms with Crippen molar-refractivity contribution in [2.75, 3.05) is 11.9 Å². The molecule has 0 radical (unpaired) electrons. The van der Waals surface area contributed by atoms with Crippen molar-refractivity contribution in [1.29, 1.82) is 0 Å². The molecule has 0 saturated heterocycles. The summed E-state index contributed by atoms with van der Waals surface area (Å²) in [6.07, 6.45) is 0.573. The zero-order chi connectivity index (χ0) is 16.7. The molecule has 1 aromatic heterocycles. The van der Waals surface area contributed by atoms with E-state index in [-0.39, 0.29) is 24.5 Å². The maximum Gasteiger partial charge on any atom is 0.251 e. The number of hydrogen-bond donors (Lipinski definition) is 3. The van der Waals surface area contributed by atoms with Crippen LogP contribution in [0.3, 0.4) is 0 Å². The number of rotatable bonds is 8. The minimum absolute atomic E-state index is 0.0103. The number of anilines is 1. The first kappa shape index (κ1) is 17.5. The lowest BCUT2D eigenvalue weighted by molar-refractivity contribution is 0.0916. The van der Waals surface area contributed by atoms with E-state index in [1.165, 1.54) is 5.56 Å². The van der Waals surface area contributed by atoms with Crippen LogP contribution in [0.4, 0.5) is 5.69 Å². The average Bonchev–Trinajstić information content (AvgIpc) is 3.06. The monoisotopic (exact) mass is 332 g/mol. The zero-order valence-electron chi connectivity index (χ0n) is 13.6. The van der Waals surface area contributed by atoms with Crippen molar-refractivity contribution in [2.45, 2.75) is 32.9 Å². The van der Waals surface area contributed by atoms with E-state index in [2.05, 4.69) is 27.5 Å². The zero-order valence-corrected chi connectivity index (χ0v) is 14.4. The van der Waals surface area contributed by atoms with Crippen LogP contribution in [0.5, 0.6) is 0 Å². The van der Waals surface area contributed by atoms with Gasteiger partial charge in [0.15, 0.2) is 0 Å². The smallest absolute Gasteiger partial charge is 0.251 e. The van der Waals surface area contributed by atoms with E-state index in [1.54, 1.807) is 11.3 Å². The Balaban J connectivity index is 1.91. The van der Waals surface area contributed by atoms with Crippen LogP contribution in [-0.2, 0) is 6.54 Å². The van der Waals surface area contributed by atoms with E-state index in [0.717, 1.165) is 12.2 Å². The standard InChI is InChI=1S/C18H24N2O2S/c1-13(2)17(7-9-21)20-18(22)15-3-5-16(6-4-15)19-11-14-8-10-23-12-14/h3-6,8,10,12-13,17,19,21H,7,9,11H2,1-2H3,(H,20,22). The summed E-state index contributed by atoms with van der Waals surface area (Å²) in [6, 6.07) is 9.55. The van der Waals surface area contributed by atoms with Gasteiger partial charge in [-0.15, -0.1) is 0 Å². The van der Waals surface area contributed by atoms with Gasteiger partial charge in [-0.05, 0) is 59.0 Å². The molecule has 23 heavy (non-hydrogen) atoms. The molecule has 1 amide bonds. The van der Waals surface area contributed by atoms with Crippen molar-refractivity contribution in [1.82, 2.24) is 5.32 Å². The molecule has 0 aliphatic heterocycles. The first-order valence-electron chi connectivity index (χ1n) is 7.87. The van der Waals surface area contributed by atoms with E-state index in [4.69, 9.17) is 5.11 Å². The number of amides is 1. The molecular weight excluding hydrogens is 308 g/mol. The summed E-state index contributed by atoms with van der Waals surface area (Å²) in [5.74, 6) is 0.194. The second kappa shape index (κ2) is 8.70. The van der Waals surface area contributed by atoms with Crippen molar-refractivity contribution >= 4 is 22.9 Å². The van der Waals surface area contributed by atoms with Crippen molar-refractivity contribution < 1.29 is 9.90 Å². The second-order valence-electron chi connectivity index (χ2n) is 5.90. The third-order valence-electron chi connectivity index (χ3n) is 3.79. The molecule has 0 spiro atoms. The van der Waals surface area contributed by atoms with Crippen molar-refractivity contribution in [3.8, 4) is 0 Å². The SMILES string of the molecule is CC(C)C(CCO)NC(=O)c1ccc(NCc2ccsc2)cc1. The van der Waals surface area contributed by atoms with Gasteiger partial charge in [0.1, 0.15) is 0 Å². The fraction of sp³-hybridized carbons (Fsp3) is 0.389. The van der Waals surface area contributed by atoms with E-state index in [9.17, 15) is 4.79 Å². The Labute approximate surface area is 141 Å². The Morgan fingerprint density at radius 3 is 2.52 bits per heavy atom. The first-order valence-corrected chi connectivity index (χ1v) is 8.81. The molecule has 3 N–H and O–H groups in total. The van der Waals surface area contributed by atoms with E-state index in [1.807, 2.05) is 38.1 Å². The van der Waals surface area contributed by atoms with Gasteiger partial charge >= 0.3 is 0 Å². The molecule has 2 rings (SSSR count). The van der Waals surface area contributed by atoms with Gasteiger partial charge in [-0.1, -0.05) is 13.8 Å². The Bertz CT molecular complexity index is 594. The summed E-state index contributed by atoms with van der Waals surface area (Å²) in [6.45, 7) is 4.94. The third-order valence-corrected chi connectivity index (χ3v) is 4.52. The lowest BCUT2D eigenvalue weighted by Gasteiger charge is -2.21. The molecule has 1 atom stereocenters. The highest BCUT2D eigenvalue weighted by atomic mass is 32.1. The van der Waals surface area contributed by atoms with Crippen LogP contribution >= 0.6 is 11.3 Å². The van der Waals surface area contributed by atoms with Crippen molar-refractivity contribution in [2.24, 2.45) is 5.92 Å². The topological polar surface area (TPSA) is 61.4 Å². The van der Waals surface area contributed by atoms with Crippen LogP contribution in [0.25, 0.3) is 0 Å². The number of aliphatic hydroxyl groups is 1. The molecule has 0 aliphatic carbocycles. The molecule has 4 nitrogen and oxygen atoms in total. The number of carbonyl (C=O) groups is 1. The Morgan fingerprint density at radius 2 is 1.96 bits per heavy atom. The fourth-order valence-electron chi connectivity index (χ4n) is 2.30. The molecule has 1 heterocycles. The molecule has 124 valence electrons. The molecule has 0 saturated carbocycles. The predicted octanol–water partition coefficient (Wildman–Crippen LogP) is 3.50. The summed E-state index contributed by atoms with van der Waals surface area (Å²) in [4.78, 5) is 12.3. The van der Waals surface area contributed by atoms with E-state index >= 15 is 0 Å². The first-order chi connectivity index (χ1) is 11.1. The number of hydrogen-bond acceptors (Lipinski definition) is 4. The fourth-order valence-corrected chi connectivity index (χ4v) is 2.97. The van der Waals surface area contributed by atoms with Crippen LogP contribution < -0.4 is 10.6 Å². The number of aliphatic hydroxyl groups excluding tert-OH is 1. The highest BCUT2D eigenvalue weighted by Crippen LogP contribution is 2.14. The maximum absolute atomic E-state index is 12.3. The molecule has 5 heteroatoms. The van der Waals surface area contributed by atoms with Crippen LogP contribution in [0.15, 0.2) is 41.1 Å². The second-order valence-corrected chi connectivity index (χ2v) is 6.68. The third kappa shape index (κ3) is 5.37. The molecule has 1 aromatic carbocycles. The molecular formula is C18H24N2O2S. The normalized spacial score (nSPS) is 12.2. The van der Waals surface area contributed by atoms with Gasteiger partial charge in [0.2, 0.25) is 0 Å². The largest absolute Gasteiger partial charge is 0.396 e. The minimum atomic E-state index is -0.0958. The Kier molecular flexibility index (Phi) is 6.62. The van der Waals surface area contributed by atoms with Gasteiger partial charge in [-0.3, -0.25) is 4.79 Å². The molecule has 1 unspecified atom stereocenters. The van der Waals surface area contributed by atoms with Gasteiger partial charge < -0.3 is 15.7 Å². The van der Waals surface area contributed by atoms with Gasteiger partial charge in [0.05, 0.1) is 0 Å². The number of thiophene rings is 1. The maximum atomic E-state index is 12.3. The minimum Gasteiger partial charge on any atom is -0.396 e. The summed E-state index contributed by atoms with van der Waals surface area (Å²) in [5.41, 5.74) is 2.87. The van der Waals surface area contributed by atoms with Crippen molar-refractivity contribution in [3.63, 3.8) is 0 Å². The number of benzene rings is 1. The summed E-state index contributed by atoms with van der Waals surface area (Å²) >= 11 is 1.68. The molecule has 0 bridgehead atoms. The quantitative estimate of drug-likeness (QED) is 0.693. The molecule has 2 aromatic rings. The van der Waals surface area contributed by atoms with E-state index < -0.39 is 0 Å². The lowest BCUT2D eigenvalue weighted by atomic mass is 10.0. The van der Waals surface area contributed by atoms with Gasteiger partial charge in [-0.25, -0.2) is 0 Å². The predicted molar refractivity (Wildman–Crippen MR) is 95.9 cm³/mol. The molecule has 0 aliphatic rings. The van der Waals surface area contributed by atoms with Gasteiger partial charge in [0.25, 0.3) is 5.91 Å². The van der Waals surface area contributed by atoms with Gasteiger partial charge in [-0.2, -0.15) is 11.3 Å². The Morgan fingerprint density at radius 1 is 1.22 bits per heavy atom. The van der Waals surface area contributed by atoms with Crippen LogP contribution in [0, 0.1) is 5.92 Å².